The van der Waals surface area contributed by atoms with E-state index in [1.807, 2.05) is 37.3 Å². The predicted octanol–water partition coefficient (Wildman–Crippen LogP) is 3.57. The lowest BCUT2D eigenvalue weighted by atomic mass is 9.94. The van der Waals surface area contributed by atoms with E-state index in [0.717, 1.165) is 12.0 Å². The number of carbonyl (C=O) groups excluding carboxylic acids is 3. The first-order chi connectivity index (χ1) is 17.1. The van der Waals surface area contributed by atoms with E-state index in [2.05, 4.69) is 40.8 Å². The van der Waals surface area contributed by atoms with Crippen molar-refractivity contribution in [2.45, 2.75) is 59.2 Å². The summed E-state index contributed by atoms with van der Waals surface area (Å²) in [6.07, 6.45) is 11.1. The van der Waals surface area contributed by atoms with Gasteiger partial charge in [-0.15, -0.1) is 0 Å². The minimum Gasteiger partial charge on any atom is -0.381 e. The minimum absolute atomic E-state index is 0.0149. The number of imidazole rings is 1. The van der Waals surface area contributed by atoms with Crippen LogP contribution in [-0.4, -0.2) is 52.6 Å². The summed E-state index contributed by atoms with van der Waals surface area (Å²) in [5.41, 5.74) is 2.20. The third-order valence-electron chi connectivity index (χ3n) is 6.07. The molecule has 0 aliphatic heterocycles. The van der Waals surface area contributed by atoms with Gasteiger partial charge in [-0.3, -0.25) is 19.0 Å². The first kappa shape index (κ1) is 28.7. The summed E-state index contributed by atoms with van der Waals surface area (Å²) in [7, 11) is 1.72. The Morgan fingerprint density at radius 2 is 1.78 bits per heavy atom. The molecular formula is C28H38N4O4. The highest BCUT2D eigenvalue weighted by molar-refractivity contribution is 5.90. The number of methoxy groups -OCH3 is 1. The fraction of sp³-hybridized carbons (Fsp3) is 0.429. The van der Waals surface area contributed by atoms with E-state index in [4.69, 9.17) is 4.74 Å². The highest BCUT2D eigenvalue weighted by Gasteiger charge is 2.26. The summed E-state index contributed by atoms with van der Waals surface area (Å²) in [4.78, 5) is 41.0. The van der Waals surface area contributed by atoms with Crippen molar-refractivity contribution in [2.24, 2.45) is 11.8 Å². The second-order valence-corrected chi connectivity index (χ2v) is 9.15. The molecule has 1 heterocycles. The first-order valence-corrected chi connectivity index (χ1v) is 12.1. The normalized spacial score (nSPS) is 16.1. The predicted molar refractivity (Wildman–Crippen MR) is 140 cm³/mol. The van der Waals surface area contributed by atoms with E-state index in [1.54, 1.807) is 21.0 Å². The van der Waals surface area contributed by atoms with Gasteiger partial charge < -0.3 is 15.4 Å². The average molecular weight is 495 g/mol. The van der Waals surface area contributed by atoms with Crippen LogP contribution in [0.15, 0.2) is 72.9 Å². The van der Waals surface area contributed by atoms with Gasteiger partial charge >= 0.3 is 0 Å². The van der Waals surface area contributed by atoms with Crippen molar-refractivity contribution in [2.75, 3.05) is 7.11 Å². The number of rotatable bonds is 12. The molecule has 36 heavy (non-hydrogen) atoms. The number of carbonyl (C=O) groups is 3. The van der Waals surface area contributed by atoms with E-state index >= 15 is 0 Å². The number of allylic oxidation sites excluding steroid dienone is 2. The van der Waals surface area contributed by atoms with Crippen LogP contribution >= 0.6 is 0 Å². The summed E-state index contributed by atoms with van der Waals surface area (Å²) >= 11 is 0. The zero-order valence-electron chi connectivity index (χ0n) is 22.0. The van der Waals surface area contributed by atoms with Gasteiger partial charge in [-0.05, 0) is 25.8 Å². The number of benzene rings is 1. The van der Waals surface area contributed by atoms with E-state index < -0.39 is 18.0 Å². The lowest BCUT2D eigenvalue weighted by molar-refractivity contribution is -0.126. The SMILES string of the molecule is CO[C@@H](Cc1ccccc1)[C@@H](C)/C=C(C)/C=C/C(NC(C)=O)[C@H](C)C(=O)NC(C)C(=O)n1ccnc1. The highest BCUT2D eigenvalue weighted by Crippen LogP contribution is 2.17. The van der Waals surface area contributed by atoms with Crippen molar-refractivity contribution >= 4 is 17.7 Å². The lowest BCUT2D eigenvalue weighted by Crippen LogP contribution is -2.48. The van der Waals surface area contributed by atoms with Crippen LogP contribution in [0, 0.1) is 11.8 Å². The topological polar surface area (TPSA) is 102 Å². The maximum atomic E-state index is 12.9. The molecule has 0 aliphatic carbocycles. The van der Waals surface area contributed by atoms with Gasteiger partial charge in [-0.2, -0.15) is 0 Å². The smallest absolute Gasteiger partial charge is 0.254 e. The van der Waals surface area contributed by atoms with Gasteiger partial charge in [-0.1, -0.05) is 68.0 Å². The molecule has 0 saturated carbocycles. The van der Waals surface area contributed by atoms with Gasteiger partial charge in [0, 0.05) is 32.3 Å². The Labute approximate surface area is 213 Å². The van der Waals surface area contributed by atoms with Crippen molar-refractivity contribution in [3.05, 3.63) is 78.4 Å². The first-order valence-electron chi connectivity index (χ1n) is 12.1. The molecule has 8 nitrogen and oxygen atoms in total. The van der Waals surface area contributed by atoms with Crippen LogP contribution < -0.4 is 10.6 Å². The van der Waals surface area contributed by atoms with Crippen LogP contribution in [0.4, 0.5) is 0 Å². The molecule has 0 bridgehead atoms. The largest absolute Gasteiger partial charge is 0.381 e. The monoisotopic (exact) mass is 494 g/mol. The summed E-state index contributed by atoms with van der Waals surface area (Å²) < 4.78 is 7.06. The molecule has 0 fully saturated rings. The molecule has 1 aromatic carbocycles. The van der Waals surface area contributed by atoms with Gasteiger partial charge in [0.1, 0.15) is 12.4 Å². The summed E-state index contributed by atoms with van der Waals surface area (Å²) in [5.74, 6) is -1.33. The van der Waals surface area contributed by atoms with Gasteiger partial charge in [0.15, 0.2) is 0 Å². The number of hydrogen-bond acceptors (Lipinski definition) is 5. The lowest BCUT2D eigenvalue weighted by Gasteiger charge is -2.23. The van der Waals surface area contributed by atoms with Crippen molar-refractivity contribution in [1.29, 1.82) is 0 Å². The zero-order chi connectivity index (χ0) is 26.7. The molecule has 0 radical (unpaired) electrons. The molecular weight excluding hydrogens is 456 g/mol. The number of aromatic nitrogens is 2. The van der Waals surface area contributed by atoms with Crippen LogP contribution in [-0.2, 0) is 20.7 Å². The van der Waals surface area contributed by atoms with Crippen LogP contribution in [0.3, 0.4) is 0 Å². The maximum absolute atomic E-state index is 12.9. The van der Waals surface area contributed by atoms with E-state index in [9.17, 15) is 14.4 Å². The highest BCUT2D eigenvalue weighted by atomic mass is 16.5. The minimum atomic E-state index is -0.741. The Kier molecular flexibility index (Phi) is 11.3. The van der Waals surface area contributed by atoms with Gasteiger partial charge in [0.05, 0.1) is 18.1 Å². The Hall–Kier alpha value is -3.52. The van der Waals surface area contributed by atoms with Crippen LogP contribution in [0.2, 0.25) is 0 Å². The standard InChI is InChI=1S/C28H38N4O4/c1-19(16-20(2)26(36-6)17-24-10-8-7-9-11-24)12-13-25(31-23(5)33)21(3)27(34)30-22(4)28(35)32-15-14-29-18-32/h7-16,18,20-22,25-26H,17H2,1-6H3,(H,30,34)(H,31,33)/b13-12+,19-16+/t20-,21-,22?,25?,26-/m0/s1. The number of hydrogen-bond donors (Lipinski definition) is 2. The molecule has 2 rings (SSSR count). The summed E-state index contributed by atoms with van der Waals surface area (Å²) in [6, 6.07) is 8.92. The second kappa shape index (κ2) is 14.1. The average Bonchev–Trinajstić information content (AvgIpc) is 3.39. The molecule has 2 aromatic rings. The molecule has 8 heteroatoms. The molecule has 194 valence electrons. The van der Waals surface area contributed by atoms with E-state index in [-0.39, 0.29) is 29.7 Å². The number of nitrogens with one attached hydrogen (secondary N) is 2. The summed E-state index contributed by atoms with van der Waals surface area (Å²) in [5, 5.41) is 5.56. The number of ether oxygens (including phenoxy) is 1. The molecule has 0 spiro atoms. The van der Waals surface area contributed by atoms with Crippen LogP contribution in [0.5, 0.6) is 0 Å². The fourth-order valence-electron chi connectivity index (χ4n) is 3.92. The molecule has 2 N–H and O–H groups in total. The molecule has 0 saturated heterocycles. The van der Waals surface area contributed by atoms with Gasteiger partial charge in [0.25, 0.3) is 5.91 Å². The van der Waals surface area contributed by atoms with Gasteiger partial charge in [0.2, 0.25) is 11.8 Å². The number of amides is 2. The fourth-order valence-corrected chi connectivity index (χ4v) is 3.92. The van der Waals surface area contributed by atoms with Crippen LogP contribution in [0.25, 0.3) is 0 Å². The van der Waals surface area contributed by atoms with Crippen molar-refractivity contribution in [3.63, 3.8) is 0 Å². The zero-order valence-corrected chi connectivity index (χ0v) is 22.0. The summed E-state index contributed by atoms with van der Waals surface area (Å²) in [6.45, 7) is 8.83. The van der Waals surface area contributed by atoms with E-state index in [1.165, 1.54) is 35.8 Å². The maximum Gasteiger partial charge on any atom is 0.254 e. The molecule has 0 aliphatic rings. The van der Waals surface area contributed by atoms with E-state index in [0.29, 0.717) is 0 Å². The Balaban J connectivity index is 2.06. The quantitative estimate of drug-likeness (QED) is 0.439. The van der Waals surface area contributed by atoms with Crippen molar-refractivity contribution in [1.82, 2.24) is 20.2 Å². The van der Waals surface area contributed by atoms with Crippen LogP contribution in [0.1, 0.15) is 45.0 Å². The molecule has 5 atom stereocenters. The third-order valence-corrected chi connectivity index (χ3v) is 6.07. The second-order valence-electron chi connectivity index (χ2n) is 9.15. The Bertz CT molecular complexity index is 1050. The Morgan fingerprint density at radius 1 is 1.08 bits per heavy atom. The van der Waals surface area contributed by atoms with Crippen molar-refractivity contribution in [3.8, 4) is 0 Å². The van der Waals surface area contributed by atoms with Crippen molar-refractivity contribution < 1.29 is 19.1 Å². The third kappa shape index (κ3) is 8.92. The molecule has 1 aromatic heterocycles. The molecule has 2 amide bonds. The number of nitrogens with zero attached hydrogens (tertiary/aromatic N) is 2. The molecule has 2 unspecified atom stereocenters. The Morgan fingerprint density at radius 3 is 2.36 bits per heavy atom. The van der Waals surface area contributed by atoms with Gasteiger partial charge in [-0.25, -0.2) is 4.98 Å².